The average molecular weight is 352 g/mol. The van der Waals surface area contributed by atoms with Gasteiger partial charge in [0.25, 0.3) is 0 Å². The zero-order valence-corrected chi connectivity index (χ0v) is 15.6. The number of thioether (sulfide) groups is 1. The maximum Gasteiger partial charge on any atom is 0.494 e. The van der Waals surface area contributed by atoms with Crippen LogP contribution in [0.1, 0.15) is 46.3 Å². The van der Waals surface area contributed by atoms with E-state index in [4.69, 9.17) is 9.31 Å². The topological polar surface area (TPSA) is 76.0 Å². The van der Waals surface area contributed by atoms with Gasteiger partial charge in [-0.2, -0.15) is 0 Å². The van der Waals surface area contributed by atoms with Gasteiger partial charge in [0.05, 0.1) is 17.3 Å². The monoisotopic (exact) mass is 352 g/mol. The predicted molar refractivity (Wildman–Crippen MR) is 96.3 cm³/mol. The Morgan fingerprint density at radius 2 is 1.62 bits per heavy atom. The quantitative estimate of drug-likeness (QED) is 0.785. The highest BCUT2D eigenvalue weighted by Gasteiger charge is 2.51. The fourth-order valence-corrected chi connectivity index (χ4v) is 2.93. The van der Waals surface area contributed by atoms with E-state index in [2.05, 4.69) is 0 Å². The largest absolute Gasteiger partial charge is 0.494 e. The lowest BCUT2D eigenvalue weighted by molar-refractivity contribution is -0.109. The molecule has 0 saturated carbocycles. The van der Waals surface area contributed by atoms with E-state index in [1.54, 1.807) is 12.1 Å². The van der Waals surface area contributed by atoms with Crippen molar-refractivity contribution < 1.29 is 24.3 Å². The highest BCUT2D eigenvalue weighted by molar-refractivity contribution is 8.13. The van der Waals surface area contributed by atoms with Crippen LogP contribution < -0.4 is 5.46 Å². The van der Waals surface area contributed by atoms with Gasteiger partial charge in [0.15, 0.2) is 5.12 Å². The summed E-state index contributed by atoms with van der Waals surface area (Å²) in [6, 6.07) is 7.14. The number of benzene rings is 1. The summed E-state index contributed by atoms with van der Waals surface area (Å²) in [5.74, 6) is 0.162. The van der Waals surface area contributed by atoms with Gasteiger partial charge in [0.1, 0.15) is 6.10 Å². The first-order chi connectivity index (χ1) is 11.0. The molecule has 0 amide bonds. The fourth-order valence-electron chi connectivity index (χ4n) is 2.35. The molecule has 24 heavy (non-hydrogen) atoms. The molecule has 0 bridgehead atoms. The minimum atomic E-state index is -1.04. The van der Waals surface area contributed by atoms with Gasteiger partial charge in [-0.3, -0.25) is 4.79 Å². The van der Waals surface area contributed by atoms with Crippen molar-refractivity contribution in [3.05, 3.63) is 29.8 Å². The van der Waals surface area contributed by atoms with Crippen molar-refractivity contribution in [2.45, 2.75) is 58.0 Å². The van der Waals surface area contributed by atoms with Crippen molar-refractivity contribution in [3.8, 4) is 0 Å². The van der Waals surface area contributed by atoms with Gasteiger partial charge in [-0.1, -0.05) is 36.0 Å². The molecule has 1 heterocycles. The molecule has 1 aliphatic rings. The van der Waals surface area contributed by atoms with Gasteiger partial charge >= 0.3 is 7.12 Å². The average Bonchev–Trinajstić information content (AvgIpc) is 2.72. The Kier molecular flexibility index (Phi) is 5.82. The van der Waals surface area contributed by atoms with E-state index in [0.717, 1.165) is 17.2 Å². The molecule has 132 valence electrons. The van der Waals surface area contributed by atoms with E-state index in [0.29, 0.717) is 5.56 Å². The number of carbonyl (C=O) groups excluding carboxylic acids is 1. The number of aliphatic hydroxyl groups is 2. The highest BCUT2D eigenvalue weighted by Crippen LogP contribution is 2.36. The van der Waals surface area contributed by atoms with E-state index in [-0.39, 0.29) is 10.9 Å². The predicted octanol–water partition coefficient (Wildman–Crippen LogP) is 1.66. The van der Waals surface area contributed by atoms with Gasteiger partial charge in [-0.25, -0.2) is 0 Å². The molecule has 2 rings (SSSR count). The summed E-state index contributed by atoms with van der Waals surface area (Å²) in [5, 5.41) is 20.1. The smallest absolute Gasteiger partial charge is 0.399 e. The first-order valence-corrected chi connectivity index (χ1v) is 8.97. The van der Waals surface area contributed by atoms with Crippen LogP contribution in [-0.4, -0.2) is 45.5 Å². The van der Waals surface area contributed by atoms with Gasteiger partial charge in [0, 0.05) is 12.7 Å². The molecule has 1 saturated heterocycles. The summed E-state index contributed by atoms with van der Waals surface area (Å²) in [6.45, 7) is 9.41. The third-order valence-electron chi connectivity index (χ3n) is 4.63. The minimum Gasteiger partial charge on any atom is -0.399 e. The second-order valence-electron chi connectivity index (χ2n) is 7.07. The van der Waals surface area contributed by atoms with E-state index in [1.165, 1.54) is 6.92 Å². The minimum absolute atomic E-state index is 0.0858. The first kappa shape index (κ1) is 19.5. The van der Waals surface area contributed by atoms with Gasteiger partial charge < -0.3 is 19.5 Å². The summed E-state index contributed by atoms with van der Waals surface area (Å²) in [5.41, 5.74) is 0.635. The molecular formula is C17H25BO5S. The lowest BCUT2D eigenvalue weighted by atomic mass is 9.78. The van der Waals surface area contributed by atoms with E-state index in [1.807, 2.05) is 39.8 Å². The van der Waals surface area contributed by atoms with Crippen LogP contribution in [0.2, 0.25) is 0 Å². The van der Waals surface area contributed by atoms with E-state index < -0.39 is 30.5 Å². The van der Waals surface area contributed by atoms with E-state index in [9.17, 15) is 15.0 Å². The van der Waals surface area contributed by atoms with Crippen molar-refractivity contribution in [1.82, 2.24) is 0 Å². The second kappa shape index (κ2) is 7.18. The van der Waals surface area contributed by atoms with Crippen molar-refractivity contribution >= 4 is 29.5 Å². The summed E-state index contributed by atoms with van der Waals surface area (Å²) in [6.07, 6.45) is -2.04. The molecule has 0 spiro atoms. The summed E-state index contributed by atoms with van der Waals surface area (Å²) in [7, 11) is -0.459. The van der Waals surface area contributed by atoms with Gasteiger partial charge in [-0.15, -0.1) is 0 Å². The molecule has 2 unspecified atom stereocenters. The van der Waals surface area contributed by atoms with Crippen LogP contribution in [0.3, 0.4) is 0 Å². The van der Waals surface area contributed by atoms with Crippen molar-refractivity contribution in [3.63, 3.8) is 0 Å². The number of hydrogen-bond donors (Lipinski definition) is 2. The van der Waals surface area contributed by atoms with Crippen molar-refractivity contribution in [2.75, 3.05) is 5.75 Å². The van der Waals surface area contributed by atoms with Crippen LogP contribution in [0.15, 0.2) is 24.3 Å². The standard InChI is InChI=1S/C17H25BO5S/c1-11(19)24-10-14(20)15(21)12-6-8-13(9-7-12)18-22-16(2,3)17(4,5)23-18/h6-9,14-15,20-21H,10H2,1-5H3. The normalized spacial score (nSPS) is 21.5. The fraction of sp³-hybridized carbons (Fsp3) is 0.588. The van der Waals surface area contributed by atoms with Crippen LogP contribution in [0.4, 0.5) is 0 Å². The van der Waals surface area contributed by atoms with Gasteiger partial charge in [-0.05, 0) is 38.7 Å². The third kappa shape index (κ3) is 4.21. The van der Waals surface area contributed by atoms with Crippen LogP contribution in [0.5, 0.6) is 0 Å². The SMILES string of the molecule is CC(=O)SCC(O)C(O)c1ccc(B2OC(C)(C)C(C)(C)O2)cc1. The molecule has 7 heteroatoms. The third-order valence-corrected chi connectivity index (χ3v) is 5.54. The lowest BCUT2D eigenvalue weighted by Gasteiger charge is -2.32. The Morgan fingerprint density at radius 3 is 2.08 bits per heavy atom. The molecular weight excluding hydrogens is 327 g/mol. The Labute approximate surface area is 147 Å². The Bertz CT molecular complexity index is 571. The maximum atomic E-state index is 10.9. The van der Waals surface area contributed by atoms with Crippen molar-refractivity contribution in [2.24, 2.45) is 0 Å². The number of aliphatic hydroxyl groups excluding tert-OH is 2. The maximum absolute atomic E-state index is 10.9. The zero-order valence-electron chi connectivity index (χ0n) is 14.8. The Hall–Kier alpha value is -0.855. The molecule has 2 atom stereocenters. The molecule has 1 aromatic carbocycles. The Balaban J connectivity index is 2.05. The van der Waals surface area contributed by atoms with Crippen molar-refractivity contribution in [1.29, 1.82) is 0 Å². The molecule has 0 aromatic heterocycles. The highest BCUT2D eigenvalue weighted by atomic mass is 32.2. The van der Waals surface area contributed by atoms with Crippen LogP contribution >= 0.6 is 11.8 Å². The zero-order chi connectivity index (χ0) is 18.1. The number of rotatable bonds is 5. The summed E-state index contributed by atoms with van der Waals surface area (Å²) >= 11 is 0.997. The van der Waals surface area contributed by atoms with Gasteiger partial charge in [0.2, 0.25) is 0 Å². The molecule has 2 N–H and O–H groups in total. The van der Waals surface area contributed by atoms with Crippen LogP contribution in [0.25, 0.3) is 0 Å². The first-order valence-electron chi connectivity index (χ1n) is 7.98. The van der Waals surface area contributed by atoms with Crippen LogP contribution in [0, 0.1) is 0 Å². The second-order valence-corrected chi connectivity index (χ2v) is 8.27. The van der Waals surface area contributed by atoms with Crippen LogP contribution in [-0.2, 0) is 14.1 Å². The summed E-state index contributed by atoms with van der Waals surface area (Å²) < 4.78 is 12.0. The Morgan fingerprint density at radius 1 is 1.12 bits per heavy atom. The molecule has 1 aliphatic heterocycles. The lowest BCUT2D eigenvalue weighted by Crippen LogP contribution is -2.41. The molecule has 1 fully saturated rings. The molecule has 5 nitrogen and oxygen atoms in total. The number of carbonyl (C=O) groups is 1. The molecule has 1 aromatic rings. The molecule has 0 radical (unpaired) electrons. The van der Waals surface area contributed by atoms with E-state index >= 15 is 0 Å². The number of hydrogen-bond acceptors (Lipinski definition) is 6. The molecule has 0 aliphatic carbocycles. The summed E-state index contributed by atoms with van der Waals surface area (Å²) in [4.78, 5) is 10.9.